The van der Waals surface area contributed by atoms with Gasteiger partial charge in [0.2, 0.25) is 11.8 Å². The normalized spacial score (nSPS) is 14.9. The van der Waals surface area contributed by atoms with E-state index in [-0.39, 0.29) is 35.9 Å². The number of nitrogens with one attached hydrogen (secondary N) is 1. The molecule has 0 saturated carbocycles. The quantitative estimate of drug-likeness (QED) is 0.550. The highest BCUT2D eigenvalue weighted by Gasteiger charge is 2.41. The van der Waals surface area contributed by atoms with Gasteiger partial charge in [-0.15, -0.1) is 0 Å². The maximum atomic E-state index is 13.2. The molecule has 0 saturated heterocycles. The van der Waals surface area contributed by atoms with Gasteiger partial charge in [-0.1, -0.05) is 31.2 Å². The van der Waals surface area contributed by atoms with Crippen molar-refractivity contribution in [3.63, 3.8) is 0 Å². The smallest absolute Gasteiger partial charge is 0.269 e. The second kappa shape index (κ2) is 10.7. The molecule has 2 aromatic rings. The van der Waals surface area contributed by atoms with Crippen molar-refractivity contribution in [1.29, 1.82) is 0 Å². The van der Waals surface area contributed by atoms with Crippen LogP contribution in [0.4, 0.5) is 0 Å². The van der Waals surface area contributed by atoms with Crippen LogP contribution in [0.1, 0.15) is 42.6 Å². The van der Waals surface area contributed by atoms with Crippen LogP contribution in [-0.4, -0.2) is 61.6 Å². The van der Waals surface area contributed by atoms with Gasteiger partial charge in [0.1, 0.15) is 16.7 Å². The van der Waals surface area contributed by atoms with E-state index in [9.17, 15) is 22.8 Å². The molecule has 2 aromatic carbocycles. The highest BCUT2D eigenvalue weighted by atomic mass is 32.2. The van der Waals surface area contributed by atoms with E-state index in [4.69, 9.17) is 4.74 Å². The number of benzene rings is 2. The number of rotatable bonds is 10. The van der Waals surface area contributed by atoms with Crippen molar-refractivity contribution in [3.05, 3.63) is 59.7 Å². The predicted octanol–water partition coefficient (Wildman–Crippen LogP) is 2.17. The number of sulfonamides is 1. The predicted molar refractivity (Wildman–Crippen MR) is 126 cm³/mol. The third-order valence-electron chi connectivity index (χ3n) is 5.67. The lowest BCUT2D eigenvalue weighted by molar-refractivity contribution is -0.140. The van der Waals surface area contributed by atoms with Crippen molar-refractivity contribution in [2.24, 2.45) is 0 Å². The van der Waals surface area contributed by atoms with Crippen LogP contribution in [0.15, 0.2) is 53.4 Å². The summed E-state index contributed by atoms with van der Waals surface area (Å²) in [6, 6.07) is 12.3. The lowest BCUT2D eigenvalue weighted by Crippen LogP contribution is -2.48. The third-order valence-corrected chi connectivity index (χ3v) is 7.51. The average molecular weight is 488 g/mol. The molecule has 0 fully saturated rings. The first-order valence-corrected chi connectivity index (χ1v) is 12.5. The van der Waals surface area contributed by atoms with Crippen LogP contribution in [0.5, 0.6) is 5.75 Å². The number of carbonyl (C=O) groups excluding carboxylic acids is 3. The molecule has 1 aliphatic heterocycles. The molecule has 1 N–H and O–H groups in total. The van der Waals surface area contributed by atoms with Gasteiger partial charge in [0.15, 0.2) is 0 Å². The molecule has 34 heavy (non-hydrogen) atoms. The lowest BCUT2D eigenvalue weighted by Gasteiger charge is -2.29. The summed E-state index contributed by atoms with van der Waals surface area (Å²) in [4.78, 5) is 39.8. The van der Waals surface area contributed by atoms with Crippen LogP contribution in [0.2, 0.25) is 0 Å². The van der Waals surface area contributed by atoms with Crippen molar-refractivity contribution in [1.82, 2.24) is 14.5 Å². The van der Waals surface area contributed by atoms with Gasteiger partial charge in [-0.25, -0.2) is 12.7 Å². The molecule has 9 nitrogen and oxygen atoms in total. The van der Waals surface area contributed by atoms with Crippen molar-refractivity contribution >= 4 is 27.7 Å². The van der Waals surface area contributed by atoms with E-state index < -0.39 is 27.9 Å². The summed E-state index contributed by atoms with van der Waals surface area (Å²) in [6.45, 7) is 3.87. The number of methoxy groups -OCH3 is 1. The Morgan fingerprint density at radius 2 is 1.79 bits per heavy atom. The Bertz CT molecular complexity index is 1160. The molecule has 3 amide bonds. The van der Waals surface area contributed by atoms with E-state index in [0.29, 0.717) is 12.3 Å². The fourth-order valence-electron chi connectivity index (χ4n) is 3.70. The van der Waals surface area contributed by atoms with Gasteiger partial charge in [0, 0.05) is 26.1 Å². The van der Waals surface area contributed by atoms with Crippen molar-refractivity contribution in [2.75, 3.05) is 20.2 Å². The summed E-state index contributed by atoms with van der Waals surface area (Å²) in [5.74, 6) is -0.735. The van der Waals surface area contributed by atoms with Crippen LogP contribution in [0.3, 0.4) is 0 Å². The first-order chi connectivity index (χ1) is 16.2. The number of hydrogen-bond acceptors (Lipinski definition) is 6. The van der Waals surface area contributed by atoms with Crippen molar-refractivity contribution in [3.8, 4) is 5.75 Å². The van der Waals surface area contributed by atoms with E-state index in [1.165, 1.54) is 17.0 Å². The number of carbonyl (C=O) groups is 3. The molecule has 1 aliphatic rings. The molecule has 10 heteroatoms. The van der Waals surface area contributed by atoms with Crippen molar-refractivity contribution in [2.45, 2.75) is 44.2 Å². The summed E-state index contributed by atoms with van der Waals surface area (Å²) < 4.78 is 31.5. The number of ether oxygens (including phenoxy) is 1. The minimum absolute atomic E-state index is 0.0603. The second-order valence-electron chi connectivity index (χ2n) is 7.97. The zero-order valence-corrected chi connectivity index (χ0v) is 20.3. The van der Waals surface area contributed by atoms with Gasteiger partial charge in [0.25, 0.3) is 15.9 Å². The lowest BCUT2D eigenvalue weighted by atomic mass is 10.1. The highest BCUT2D eigenvalue weighted by Crippen LogP contribution is 2.30. The number of fused-ring (bicyclic) bond motifs is 1. The standard InChI is InChI=1S/C24H29N3O6S/c1-4-14-25-23(29)17(2)26(16-18-9-11-19(33-3)12-10-18)22(28)13-15-27-24(30)20-7-5-6-8-21(20)34(27,31)32/h5-12,17H,4,13-16H2,1-3H3,(H,25,29). The van der Waals surface area contributed by atoms with Crippen LogP contribution in [-0.2, 0) is 26.2 Å². The van der Waals surface area contributed by atoms with Crippen LogP contribution in [0, 0.1) is 0 Å². The Balaban J connectivity index is 1.77. The molecule has 0 aliphatic carbocycles. The Hall–Kier alpha value is -3.40. The van der Waals surface area contributed by atoms with E-state index in [2.05, 4.69) is 5.32 Å². The molecule has 182 valence electrons. The molecule has 1 atom stereocenters. The van der Waals surface area contributed by atoms with Crippen LogP contribution in [0.25, 0.3) is 0 Å². The van der Waals surface area contributed by atoms with E-state index in [1.54, 1.807) is 50.4 Å². The Labute approximate surface area is 199 Å². The van der Waals surface area contributed by atoms with Gasteiger partial charge in [0.05, 0.1) is 12.7 Å². The van der Waals surface area contributed by atoms with Crippen molar-refractivity contribution < 1.29 is 27.5 Å². The van der Waals surface area contributed by atoms with Gasteiger partial charge < -0.3 is 15.0 Å². The largest absolute Gasteiger partial charge is 0.497 e. The van der Waals surface area contributed by atoms with Gasteiger partial charge in [-0.05, 0) is 43.2 Å². The zero-order valence-electron chi connectivity index (χ0n) is 19.5. The molecule has 1 unspecified atom stereocenters. The summed E-state index contributed by atoms with van der Waals surface area (Å²) in [5.41, 5.74) is 0.874. The topological polar surface area (TPSA) is 113 Å². The third kappa shape index (κ3) is 5.22. The van der Waals surface area contributed by atoms with E-state index in [0.717, 1.165) is 16.3 Å². The Kier molecular flexibility index (Phi) is 7.93. The Morgan fingerprint density at radius 1 is 1.12 bits per heavy atom. The minimum atomic E-state index is -4.01. The fourth-order valence-corrected chi connectivity index (χ4v) is 5.27. The summed E-state index contributed by atoms with van der Waals surface area (Å²) in [7, 11) is -2.46. The molecule has 0 bridgehead atoms. The molecular formula is C24H29N3O6S. The van der Waals surface area contributed by atoms with E-state index >= 15 is 0 Å². The second-order valence-corrected chi connectivity index (χ2v) is 9.80. The van der Waals surface area contributed by atoms with Gasteiger partial charge >= 0.3 is 0 Å². The maximum absolute atomic E-state index is 13.2. The molecular weight excluding hydrogens is 458 g/mol. The molecule has 0 spiro atoms. The summed E-state index contributed by atoms with van der Waals surface area (Å²) >= 11 is 0. The summed E-state index contributed by atoms with van der Waals surface area (Å²) in [6.07, 6.45) is 0.501. The van der Waals surface area contributed by atoms with Gasteiger partial charge in [-0.2, -0.15) is 0 Å². The van der Waals surface area contributed by atoms with Crippen LogP contribution >= 0.6 is 0 Å². The number of amides is 3. The van der Waals surface area contributed by atoms with Gasteiger partial charge in [-0.3, -0.25) is 14.4 Å². The average Bonchev–Trinajstić information content (AvgIpc) is 3.04. The fraction of sp³-hybridized carbons (Fsp3) is 0.375. The monoisotopic (exact) mass is 487 g/mol. The summed E-state index contributed by atoms with van der Waals surface area (Å²) in [5, 5.41) is 2.79. The maximum Gasteiger partial charge on any atom is 0.269 e. The number of nitrogens with zero attached hydrogens (tertiary/aromatic N) is 2. The number of hydrogen-bond donors (Lipinski definition) is 1. The molecule has 0 radical (unpaired) electrons. The highest BCUT2D eigenvalue weighted by molar-refractivity contribution is 7.90. The minimum Gasteiger partial charge on any atom is -0.497 e. The molecule has 0 aromatic heterocycles. The van der Waals surface area contributed by atoms with E-state index in [1.807, 2.05) is 6.92 Å². The first-order valence-electron chi connectivity index (χ1n) is 11.1. The zero-order chi connectivity index (χ0) is 24.9. The first kappa shape index (κ1) is 25.2. The Morgan fingerprint density at radius 3 is 2.41 bits per heavy atom. The SMILES string of the molecule is CCCNC(=O)C(C)N(Cc1ccc(OC)cc1)C(=O)CCN1C(=O)c2ccccc2S1(=O)=O. The molecule has 1 heterocycles. The molecule has 3 rings (SSSR count). The van der Waals surface area contributed by atoms with Crippen LogP contribution < -0.4 is 10.1 Å².